The molecule has 232 valence electrons. The average Bonchev–Trinajstić information content (AvgIpc) is 3.04. The Morgan fingerprint density at radius 1 is 0.841 bits per heavy atom. The molecule has 0 bridgehead atoms. The van der Waals surface area contributed by atoms with E-state index in [1.165, 1.54) is 12.1 Å². The van der Waals surface area contributed by atoms with E-state index in [-0.39, 0.29) is 34.4 Å². The second kappa shape index (κ2) is 14.8. The second-order valence-corrected chi connectivity index (χ2v) is 12.7. The predicted octanol–water partition coefficient (Wildman–Crippen LogP) is 6.58. The van der Waals surface area contributed by atoms with E-state index in [0.717, 1.165) is 88.7 Å². The summed E-state index contributed by atoms with van der Waals surface area (Å²) in [5.74, 6) is -0.270. The molecule has 4 N–H and O–H groups in total. The summed E-state index contributed by atoms with van der Waals surface area (Å²) < 4.78 is 27.5. The number of amides is 2. The van der Waals surface area contributed by atoms with Gasteiger partial charge >= 0.3 is 6.03 Å². The molecule has 2 saturated heterocycles. The topological polar surface area (TPSA) is 89.0 Å². The van der Waals surface area contributed by atoms with Crippen LogP contribution in [-0.2, 0) is 12.8 Å². The van der Waals surface area contributed by atoms with Crippen LogP contribution in [0.5, 0.6) is 0 Å². The molecule has 2 fully saturated rings. The summed E-state index contributed by atoms with van der Waals surface area (Å²) in [6, 6.07) is 22.5. The largest absolute Gasteiger partial charge is 0.338 e. The first-order chi connectivity index (χ1) is 21.4. The number of urea groups is 1. The lowest BCUT2D eigenvalue weighted by molar-refractivity contribution is 0.0751. The molecule has 8 heteroatoms. The maximum Gasteiger partial charge on any atom is 0.319 e. The van der Waals surface area contributed by atoms with Crippen LogP contribution in [0.4, 0.5) is 19.3 Å². The Balaban J connectivity index is 1.38. The van der Waals surface area contributed by atoms with Crippen LogP contribution in [0.25, 0.3) is 0 Å². The van der Waals surface area contributed by atoms with Crippen LogP contribution >= 0.6 is 0 Å². The minimum atomic E-state index is -0.293. The minimum absolute atomic E-state index is 0.0684. The minimum Gasteiger partial charge on any atom is -0.338 e. The molecule has 2 amide bonds. The SMILES string of the molecule is N#Cc1cccc(NC(=O)NCC(CCC2(Cc3ccc(F)cc3)CCNCC2)C2(Cc3ccc(F)cc3)CCNCC2)c1. The van der Waals surface area contributed by atoms with Gasteiger partial charge in [-0.1, -0.05) is 30.3 Å². The molecular formula is C36H43F2N5O. The zero-order valence-corrected chi connectivity index (χ0v) is 25.3. The maximum absolute atomic E-state index is 13.8. The zero-order chi connectivity index (χ0) is 30.8. The summed E-state index contributed by atoms with van der Waals surface area (Å²) >= 11 is 0. The number of benzene rings is 3. The summed E-state index contributed by atoms with van der Waals surface area (Å²) in [7, 11) is 0. The summed E-state index contributed by atoms with van der Waals surface area (Å²) in [6.45, 7) is 4.22. The van der Waals surface area contributed by atoms with Crippen LogP contribution in [0.1, 0.15) is 55.2 Å². The molecule has 5 rings (SSSR count). The number of halogens is 2. The summed E-state index contributed by atoms with van der Waals surface area (Å²) in [6.07, 6.45) is 7.69. The van der Waals surface area contributed by atoms with Crippen LogP contribution < -0.4 is 21.3 Å². The molecule has 0 aromatic heterocycles. The van der Waals surface area contributed by atoms with Crippen molar-refractivity contribution < 1.29 is 13.6 Å². The lowest BCUT2D eigenvalue weighted by Gasteiger charge is -2.46. The third-order valence-corrected chi connectivity index (χ3v) is 9.87. The number of carbonyl (C=O) groups excluding carboxylic acids is 1. The Morgan fingerprint density at radius 3 is 2.05 bits per heavy atom. The zero-order valence-electron chi connectivity index (χ0n) is 25.3. The van der Waals surface area contributed by atoms with Gasteiger partial charge in [-0.2, -0.15) is 5.26 Å². The van der Waals surface area contributed by atoms with Crippen LogP contribution in [0, 0.1) is 39.7 Å². The van der Waals surface area contributed by atoms with Gasteiger partial charge in [0.25, 0.3) is 0 Å². The lowest BCUT2D eigenvalue weighted by atomic mass is 9.61. The Kier molecular flexibility index (Phi) is 10.6. The molecule has 2 aliphatic rings. The van der Waals surface area contributed by atoms with E-state index >= 15 is 0 Å². The number of hydrogen-bond donors (Lipinski definition) is 4. The first-order valence-corrected chi connectivity index (χ1v) is 15.8. The standard InChI is InChI=1S/C36H43F2N5O/c37-31-8-4-27(5-9-31)23-35(14-18-40-19-15-35)13-12-30(26-42-34(44)43-33-3-1-2-29(22-33)25-39)36(16-20-41-21-17-36)24-28-6-10-32(38)11-7-28/h1-11,22,30,40-41H,12-21,23-24,26H2,(H2,42,43,44). The molecular weight excluding hydrogens is 556 g/mol. The van der Waals surface area contributed by atoms with Crippen molar-refractivity contribution in [3.63, 3.8) is 0 Å². The molecule has 0 spiro atoms. The summed E-state index contributed by atoms with van der Waals surface area (Å²) in [5.41, 5.74) is 3.35. The van der Waals surface area contributed by atoms with Crippen molar-refractivity contribution in [2.24, 2.45) is 16.7 Å². The van der Waals surface area contributed by atoms with Crippen molar-refractivity contribution in [2.45, 2.75) is 51.4 Å². The number of nitrogens with one attached hydrogen (secondary N) is 4. The number of hydrogen-bond acceptors (Lipinski definition) is 4. The highest BCUT2D eigenvalue weighted by molar-refractivity contribution is 5.89. The van der Waals surface area contributed by atoms with Crippen LogP contribution in [0.15, 0.2) is 72.8 Å². The van der Waals surface area contributed by atoms with Crippen molar-refractivity contribution in [2.75, 3.05) is 38.0 Å². The van der Waals surface area contributed by atoms with Crippen molar-refractivity contribution in [1.29, 1.82) is 5.26 Å². The van der Waals surface area contributed by atoms with Gasteiger partial charge in [-0.05, 0) is 148 Å². The molecule has 2 aliphatic heterocycles. The van der Waals surface area contributed by atoms with Crippen molar-refractivity contribution in [1.82, 2.24) is 16.0 Å². The van der Waals surface area contributed by atoms with E-state index in [1.807, 2.05) is 24.3 Å². The Morgan fingerprint density at radius 2 is 1.43 bits per heavy atom. The van der Waals surface area contributed by atoms with Gasteiger partial charge < -0.3 is 21.3 Å². The van der Waals surface area contributed by atoms with Gasteiger partial charge in [0.15, 0.2) is 0 Å². The van der Waals surface area contributed by atoms with Gasteiger partial charge in [0.05, 0.1) is 11.6 Å². The molecule has 44 heavy (non-hydrogen) atoms. The molecule has 3 aromatic rings. The number of nitrogens with zero attached hydrogens (tertiary/aromatic N) is 1. The third-order valence-electron chi connectivity index (χ3n) is 9.87. The first-order valence-electron chi connectivity index (χ1n) is 15.8. The number of nitriles is 1. The number of anilines is 1. The van der Waals surface area contributed by atoms with Gasteiger partial charge in [-0.3, -0.25) is 0 Å². The van der Waals surface area contributed by atoms with Crippen LogP contribution in [0.2, 0.25) is 0 Å². The second-order valence-electron chi connectivity index (χ2n) is 12.7. The third kappa shape index (κ3) is 8.43. The predicted molar refractivity (Wildman–Crippen MR) is 170 cm³/mol. The van der Waals surface area contributed by atoms with Gasteiger partial charge in [-0.15, -0.1) is 0 Å². The van der Waals surface area contributed by atoms with Crippen LogP contribution in [-0.4, -0.2) is 38.8 Å². The number of piperidine rings is 2. The van der Waals surface area contributed by atoms with Gasteiger partial charge in [0.1, 0.15) is 11.6 Å². The fraction of sp³-hybridized carbons (Fsp3) is 0.444. The fourth-order valence-electron chi connectivity index (χ4n) is 7.33. The van der Waals surface area contributed by atoms with E-state index in [1.54, 1.807) is 36.4 Å². The quantitative estimate of drug-likeness (QED) is 0.201. The monoisotopic (exact) mass is 599 g/mol. The highest BCUT2D eigenvalue weighted by atomic mass is 19.1. The number of rotatable bonds is 11. The van der Waals surface area contributed by atoms with E-state index in [4.69, 9.17) is 0 Å². The number of carbonyl (C=O) groups is 1. The van der Waals surface area contributed by atoms with Gasteiger partial charge in [0, 0.05) is 12.2 Å². The average molecular weight is 600 g/mol. The van der Waals surface area contributed by atoms with E-state index in [0.29, 0.717) is 17.8 Å². The molecule has 0 radical (unpaired) electrons. The molecule has 1 unspecified atom stereocenters. The van der Waals surface area contributed by atoms with E-state index in [9.17, 15) is 18.8 Å². The highest BCUT2D eigenvalue weighted by Crippen LogP contribution is 2.46. The van der Waals surface area contributed by atoms with Crippen LogP contribution in [0.3, 0.4) is 0 Å². The highest BCUT2D eigenvalue weighted by Gasteiger charge is 2.42. The van der Waals surface area contributed by atoms with Crippen molar-refractivity contribution in [3.05, 3.63) is 101 Å². The lowest BCUT2D eigenvalue weighted by Crippen LogP contribution is -2.48. The fourth-order valence-corrected chi connectivity index (χ4v) is 7.33. The van der Waals surface area contributed by atoms with Crippen molar-refractivity contribution in [3.8, 4) is 6.07 Å². The van der Waals surface area contributed by atoms with E-state index < -0.39 is 0 Å². The molecule has 0 saturated carbocycles. The Hall–Kier alpha value is -3.80. The Bertz CT molecular complexity index is 1410. The molecule has 6 nitrogen and oxygen atoms in total. The molecule has 0 aliphatic carbocycles. The van der Waals surface area contributed by atoms with E-state index in [2.05, 4.69) is 27.3 Å². The molecule has 3 aromatic carbocycles. The normalized spacial score (nSPS) is 18.1. The molecule has 1 atom stereocenters. The smallest absolute Gasteiger partial charge is 0.319 e. The van der Waals surface area contributed by atoms with Gasteiger partial charge in [-0.25, -0.2) is 13.6 Å². The summed E-state index contributed by atoms with van der Waals surface area (Å²) in [5, 5.41) is 22.4. The Labute approximate surface area is 259 Å². The summed E-state index contributed by atoms with van der Waals surface area (Å²) in [4.78, 5) is 13.1. The van der Waals surface area contributed by atoms with Gasteiger partial charge in [0.2, 0.25) is 0 Å². The maximum atomic E-state index is 13.8. The molecule has 2 heterocycles. The van der Waals surface area contributed by atoms with Crippen molar-refractivity contribution >= 4 is 11.7 Å². The first kappa shape index (κ1) is 31.6.